The summed E-state index contributed by atoms with van der Waals surface area (Å²) >= 11 is 0. The third-order valence-corrected chi connectivity index (χ3v) is 7.59. The van der Waals surface area contributed by atoms with Crippen molar-refractivity contribution in [3.63, 3.8) is 0 Å². The molecule has 1 unspecified atom stereocenters. The lowest BCUT2D eigenvalue weighted by molar-refractivity contribution is 0.420. The Kier molecular flexibility index (Phi) is 6.42. The van der Waals surface area contributed by atoms with Crippen LogP contribution in [0.4, 0.5) is 5.69 Å². The van der Waals surface area contributed by atoms with Crippen LogP contribution in [0.15, 0.2) is 36.4 Å². The van der Waals surface area contributed by atoms with E-state index in [2.05, 4.69) is 64.6 Å². The van der Waals surface area contributed by atoms with E-state index in [9.17, 15) is 0 Å². The van der Waals surface area contributed by atoms with Gasteiger partial charge in [-0.15, -0.1) is 9.24 Å². The Morgan fingerprint density at radius 1 is 0.786 bits per heavy atom. The molecule has 2 aromatic carbocycles. The molecule has 1 nitrogen and oxygen atoms in total. The van der Waals surface area contributed by atoms with Crippen molar-refractivity contribution in [1.29, 1.82) is 0 Å². The molecule has 0 N–H and O–H groups in total. The number of benzene rings is 2. The predicted molar refractivity (Wildman–Crippen MR) is 127 cm³/mol. The standard InChI is InChI=1S/C26H36NP/c1-27(2)25-23(20-14-8-4-9-15-20)18-22(19-12-6-3-7-13-19)24(26(25)28)21-16-10-5-11-17-21/h4,8-9,14-15,18-19,21H,3,5-7,10-13,16-17,28H2,1-2H3. The maximum Gasteiger partial charge on any atom is 0.0516 e. The third-order valence-electron chi connectivity index (χ3n) is 7.00. The van der Waals surface area contributed by atoms with Crippen molar-refractivity contribution in [2.45, 2.75) is 76.0 Å². The van der Waals surface area contributed by atoms with E-state index in [0.29, 0.717) is 0 Å². The average Bonchev–Trinajstić information content (AvgIpc) is 2.74. The van der Waals surface area contributed by atoms with Crippen molar-refractivity contribution in [3.8, 4) is 11.1 Å². The van der Waals surface area contributed by atoms with Crippen LogP contribution < -0.4 is 10.2 Å². The molecule has 0 heterocycles. The zero-order chi connectivity index (χ0) is 19.5. The molecule has 0 bridgehead atoms. The minimum absolute atomic E-state index is 0.752. The Morgan fingerprint density at radius 3 is 1.93 bits per heavy atom. The van der Waals surface area contributed by atoms with E-state index >= 15 is 0 Å². The number of rotatable bonds is 4. The van der Waals surface area contributed by atoms with Gasteiger partial charge in [0.25, 0.3) is 0 Å². The van der Waals surface area contributed by atoms with Crippen molar-refractivity contribution in [2.24, 2.45) is 0 Å². The van der Waals surface area contributed by atoms with Crippen LogP contribution in [0.5, 0.6) is 0 Å². The number of anilines is 1. The molecule has 2 aromatic rings. The first kappa shape index (κ1) is 20.0. The molecule has 2 heteroatoms. The van der Waals surface area contributed by atoms with Gasteiger partial charge in [0.2, 0.25) is 0 Å². The van der Waals surface area contributed by atoms with Crippen LogP contribution in [0.3, 0.4) is 0 Å². The molecule has 0 amide bonds. The summed E-state index contributed by atoms with van der Waals surface area (Å²) in [5.41, 5.74) is 7.54. The van der Waals surface area contributed by atoms with Gasteiger partial charge >= 0.3 is 0 Å². The zero-order valence-corrected chi connectivity index (χ0v) is 18.9. The summed E-state index contributed by atoms with van der Waals surface area (Å²) in [5, 5.41) is 1.47. The van der Waals surface area contributed by atoms with E-state index < -0.39 is 0 Å². The quantitative estimate of drug-likeness (QED) is 0.505. The molecule has 0 aromatic heterocycles. The highest BCUT2D eigenvalue weighted by Gasteiger charge is 2.28. The van der Waals surface area contributed by atoms with Crippen molar-refractivity contribution in [2.75, 3.05) is 19.0 Å². The molecule has 0 radical (unpaired) electrons. The normalized spacial score (nSPS) is 19.0. The van der Waals surface area contributed by atoms with E-state index in [-0.39, 0.29) is 0 Å². The fourth-order valence-corrected chi connectivity index (χ4v) is 6.46. The Labute approximate surface area is 174 Å². The summed E-state index contributed by atoms with van der Waals surface area (Å²) in [4.78, 5) is 2.33. The first-order chi connectivity index (χ1) is 13.7. The van der Waals surface area contributed by atoms with E-state index in [1.54, 1.807) is 11.1 Å². The Bertz CT molecular complexity index is 784. The van der Waals surface area contributed by atoms with Crippen LogP contribution in [0, 0.1) is 0 Å². The van der Waals surface area contributed by atoms with E-state index in [0.717, 1.165) is 11.8 Å². The fraction of sp³-hybridized carbons (Fsp3) is 0.538. The van der Waals surface area contributed by atoms with Gasteiger partial charge in [0.1, 0.15) is 0 Å². The largest absolute Gasteiger partial charge is 0.377 e. The second-order valence-corrected chi connectivity index (χ2v) is 9.70. The van der Waals surface area contributed by atoms with Crippen molar-refractivity contribution in [1.82, 2.24) is 0 Å². The summed E-state index contributed by atoms with van der Waals surface area (Å²) in [6.07, 6.45) is 13.9. The summed E-state index contributed by atoms with van der Waals surface area (Å²) in [5.74, 6) is 1.50. The summed E-state index contributed by atoms with van der Waals surface area (Å²) in [6, 6.07) is 13.6. The lowest BCUT2D eigenvalue weighted by atomic mass is 9.74. The van der Waals surface area contributed by atoms with Crippen LogP contribution in [0.1, 0.15) is 87.2 Å². The summed E-state index contributed by atoms with van der Waals surface area (Å²) < 4.78 is 0. The molecule has 0 saturated heterocycles. The molecule has 150 valence electrons. The van der Waals surface area contributed by atoms with Crippen LogP contribution in [0.25, 0.3) is 11.1 Å². The molecule has 2 aliphatic carbocycles. The zero-order valence-electron chi connectivity index (χ0n) is 17.7. The number of hydrogen-bond donors (Lipinski definition) is 0. The van der Waals surface area contributed by atoms with Gasteiger partial charge in [0.15, 0.2) is 0 Å². The number of hydrogen-bond acceptors (Lipinski definition) is 1. The molecular formula is C26H36NP. The van der Waals surface area contributed by atoms with Gasteiger partial charge in [-0.25, -0.2) is 0 Å². The van der Waals surface area contributed by atoms with Gasteiger partial charge in [-0.2, -0.15) is 0 Å². The van der Waals surface area contributed by atoms with Gasteiger partial charge in [0.05, 0.1) is 5.69 Å². The van der Waals surface area contributed by atoms with Gasteiger partial charge < -0.3 is 4.90 Å². The van der Waals surface area contributed by atoms with Crippen LogP contribution in [-0.4, -0.2) is 14.1 Å². The van der Waals surface area contributed by atoms with Crippen molar-refractivity contribution < 1.29 is 0 Å². The van der Waals surface area contributed by atoms with Gasteiger partial charge in [0, 0.05) is 19.7 Å². The summed E-state index contributed by atoms with van der Waals surface area (Å²) in [6.45, 7) is 0. The van der Waals surface area contributed by atoms with Crippen LogP contribution in [0.2, 0.25) is 0 Å². The molecule has 0 spiro atoms. The smallest absolute Gasteiger partial charge is 0.0516 e. The molecule has 1 atom stereocenters. The SMILES string of the molecule is CN(C)c1c(-c2ccccc2)cc(C2CCCCC2)c(C2CCCCC2)c1P. The fourth-order valence-electron chi connectivity index (χ4n) is 5.65. The third kappa shape index (κ3) is 4.02. The van der Waals surface area contributed by atoms with Gasteiger partial charge in [-0.1, -0.05) is 68.9 Å². The van der Waals surface area contributed by atoms with E-state index in [4.69, 9.17) is 0 Å². The van der Waals surface area contributed by atoms with Crippen molar-refractivity contribution >= 4 is 20.2 Å². The Balaban J connectivity index is 1.91. The highest BCUT2D eigenvalue weighted by atomic mass is 31.0. The summed E-state index contributed by atoms with van der Waals surface area (Å²) in [7, 11) is 7.60. The highest BCUT2D eigenvalue weighted by Crippen LogP contribution is 2.45. The molecule has 4 rings (SSSR count). The second kappa shape index (κ2) is 9.00. The molecule has 0 aliphatic heterocycles. The first-order valence-electron chi connectivity index (χ1n) is 11.4. The predicted octanol–water partition coefficient (Wildman–Crippen LogP) is 7.02. The Morgan fingerprint density at radius 2 is 1.36 bits per heavy atom. The topological polar surface area (TPSA) is 3.24 Å². The highest BCUT2D eigenvalue weighted by molar-refractivity contribution is 7.28. The lowest BCUT2D eigenvalue weighted by Crippen LogP contribution is -2.24. The molecular weight excluding hydrogens is 357 g/mol. The maximum atomic E-state index is 3.18. The van der Waals surface area contributed by atoms with Gasteiger partial charge in [-0.05, 0) is 65.6 Å². The van der Waals surface area contributed by atoms with Crippen LogP contribution in [-0.2, 0) is 0 Å². The first-order valence-corrected chi connectivity index (χ1v) is 11.9. The minimum atomic E-state index is 0.752. The Hall–Kier alpha value is -1.33. The van der Waals surface area contributed by atoms with Crippen molar-refractivity contribution in [3.05, 3.63) is 47.5 Å². The van der Waals surface area contributed by atoms with E-state index in [1.807, 2.05) is 0 Å². The van der Waals surface area contributed by atoms with Crippen LogP contribution >= 0.6 is 9.24 Å². The number of nitrogens with zero attached hydrogens (tertiary/aromatic N) is 1. The maximum absolute atomic E-state index is 3.18. The molecule has 2 fully saturated rings. The average molecular weight is 394 g/mol. The molecule has 28 heavy (non-hydrogen) atoms. The second-order valence-electron chi connectivity index (χ2n) is 9.12. The lowest BCUT2D eigenvalue weighted by Gasteiger charge is -2.34. The molecule has 2 saturated carbocycles. The molecule has 2 aliphatic rings. The van der Waals surface area contributed by atoms with Gasteiger partial charge in [-0.3, -0.25) is 0 Å². The van der Waals surface area contributed by atoms with E-state index in [1.165, 1.54) is 86.3 Å². The monoisotopic (exact) mass is 393 g/mol. The minimum Gasteiger partial charge on any atom is -0.377 e.